The van der Waals surface area contributed by atoms with E-state index in [1.54, 1.807) is 0 Å². The molecule has 0 bridgehead atoms. The highest BCUT2D eigenvalue weighted by molar-refractivity contribution is 7.86. The number of hydrogen-bond donors (Lipinski definition) is 2. The Kier molecular flexibility index (Phi) is 4.55. The standard InChI is InChI=1S/C13H8F2O7S2/c14-7-1-3-9(11(15)5-7)13(16)10-4-2-8(23(17,18)19)6-12(10)24(20,21)22/h1-6H,(H,17,18,19)(H,20,21,22). The molecule has 2 aromatic rings. The van der Waals surface area contributed by atoms with Gasteiger partial charge < -0.3 is 0 Å². The summed E-state index contributed by atoms with van der Waals surface area (Å²) in [6.07, 6.45) is 0. The largest absolute Gasteiger partial charge is 0.295 e. The van der Waals surface area contributed by atoms with E-state index < -0.39 is 58.6 Å². The van der Waals surface area contributed by atoms with Crippen LogP contribution in [0.2, 0.25) is 0 Å². The van der Waals surface area contributed by atoms with Crippen LogP contribution >= 0.6 is 0 Å². The summed E-state index contributed by atoms with van der Waals surface area (Å²) in [7, 11) is -9.90. The summed E-state index contributed by atoms with van der Waals surface area (Å²) in [6.45, 7) is 0. The number of carbonyl (C=O) groups excluding carboxylic acids is 1. The normalized spacial score (nSPS) is 12.2. The highest BCUT2D eigenvalue weighted by Gasteiger charge is 2.26. The predicted octanol–water partition coefficient (Wildman–Crippen LogP) is 1.69. The third kappa shape index (κ3) is 3.64. The van der Waals surface area contributed by atoms with Gasteiger partial charge in [-0.1, -0.05) is 0 Å². The lowest BCUT2D eigenvalue weighted by Crippen LogP contribution is -2.13. The molecule has 128 valence electrons. The van der Waals surface area contributed by atoms with E-state index >= 15 is 0 Å². The maximum Gasteiger partial charge on any atom is 0.295 e. The Morgan fingerprint density at radius 2 is 1.42 bits per heavy atom. The van der Waals surface area contributed by atoms with Crippen LogP contribution in [-0.2, 0) is 20.2 Å². The first-order chi connectivity index (χ1) is 10.9. The number of hydrogen-bond acceptors (Lipinski definition) is 5. The Hall–Kier alpha value is -2.21. The molecule has 0 aromatic heterocycles. The Morgan fingerprint density at radius 1 is 0.833 bits per heavy atom. The SMILES string of the molecule is O=C(c1ccc(F)cc1F)c1ccc(S(=O)(=O)O)cc1S(=O)(=O)O. The predicted molar refractivity (Wildman–Crippen MR) is 75.9 cm³/mol. The fourth-order valence-corrected chi connectivity index (χ4v) is 3.18. The lowest BCUT2D eigenvalue weighted by atomic mass is 10.0. The van der Waals surface area contributed by atoms with E-state index in [1.165, 1.54) is 0 Å². The average molecular weight is 378 g/mol. The molecule has 0 aliphatic rings. The molecule has 0 spiro atoms. The second kappa shape index (κ2) is 6.02. The van der Waals surface area contributed by atoms with Gasteiger partial charge in [0.25, 0.3) is 20.2 Å². The molecule has 2 rings (SSSR count). The van der Waals surface area contributed by atoms with Crippen molar-refractivity contribution in [2.45, 2.75) is 9.79 Å². The summed E-state index contributed by atoms with van der Waals surface area (Å²) in [5.74, 6) is -3.48. The molecular formula is C13H8F2O7S2. The van der Waals surface area contributed by atoms with Crippen LogP contribution in [0.15, 0.2) is 46.2 Å². The van der Waals surface area contributed by atoms with Gasteiger partial charge in [-0.2, -0.15) is 16.8 Å². The fraction of sp³-hybridized carbons (Fsp3) is 0. The minimum Gasteiger partial charge on any atom is -0.288 e. The average Bonchev–Trinajstić information content (AvgIpc) is 2.44. The fourth-order valence-electron chi connectivity index (χ4n) is 1.88. The molecule has 2 N–H and O–H groups in total. The summed E-state index contributed by atoms with van der Waals surface area (Å²) in [6, 6.07) is 3.63. The summed E-state index contributed by atoms with van der Waals surface area (Å²) >= 11 is 0. The van der Waals surface area contributed by atoms with E-state index in [2.05, 4.69) is 0 Å². The van der Waals surface area contributed by atoms with Gasteiger partial charge in [-0.15, -0.1) is 0 Å². The van der Waals surface area contributed by atoms with Crippen LogP contribution in [0.25, 0.3) is 0 Å². The van der Waals surface area contributed by atoms with Gasteiger partial charge >= 0.3 is 0 Å². The Balaban J connectivity index is 2.72. The zero-order valence-electron chi connectivity index (χ0n) is 11.5. The maximum absolute atomic E-state index is 13.7. The lowest BCUT2D eigenvalue weighted by molar-refractivity contribution is 0.103. The molecule has 0 atom stereocenters. The molecule has 0 saturated heterocycles. The van der Waals surface area contributed by atoms with Gasteiger partial charge in [0.1, 0.15) is 16.5 Å². The molecule has 0 heterocycles. The molecule has 0 fully saturated rings. The van der Waals surface area contributed by atoms with Crippen molar-refractivity contribution in [3.8, 4) is 0 Å². The smallest absolute Gasteiger partial charge is 0.288 e. The zero-order valence-corrected chi connectivity index (χ0v) is 13.1. The minimum atomic E-state index is -5.08. The molecule has 0 unspecified atom stereocenters. The van der Waals surface area contributed by atoms with Crippen molar-refractivity contribution in [2.24, 2.45) is 0 Å². The van der Waals surface area contributed by atoms with Crippen molar-refractivity contribution in [1.82, 2.24) is 0 Å². The molecule has 11 heteroatoms. The molecule has 0 radical (unpaired) electrons. The van der Waals surface area contributed by atoms with E-state index in [4.69, 9.17) is 9.11 Å². The minimum absolute atomic E-state index is 0.347. The van der Waals surface area contributed by atoms with Crippen molar-refractivity contribution in [2.75, 3.05) is 0 Å². The van der Waals surface area contributed by atoms with E-state index in [0.29, 0.717) is 24.3 Å². The van der Waals surface area contributed by atoms with Gasteiger partial charge in [0.2, 0.25) is 0 Å². The number of ketones is 1. The molecule has 0 aliphatic carbocycles. The Bertz CT molecular complexity index is 1040. The number of benzene rings is 2. The van der Waals surface area contributed by atoms with Gasteiger partial charge in [-0.3, -0.25) is 13.9 Å². The van der Waals surface area contributed by atoms with Crippen molar-refractivity contribution in [3.63, 3.8) is 0 Å². The maximum atomic E-state index is 13.7. The van der Waals surface area contributed by atoms with Gasteiger partial charge in [-0.25, -0.2) is 8.78 Å². The van der Waals surface area contributed by atoms with Crippen LogP contribution < -0.4 is 0 Å². The summed E-state index contributed by atoms with van der Waals surface area (Å²) < 4.78 is 89.5. The highest BCUT2D eigenvalue weighted by atomic mass is 32.2. The van der Waals surface area contributed by atoms with E-state index in [1.807, 2.05) is 0 Å². The molecule has 0 aliphatic heterocycles. The lowest BCUT2D eigenvalue weighted by Gasteiger charge is -2.09. The number of carbonyl (C=O) groups is 1. The number of halogens is 2. The van der Waals surface area contributed by atoms with Gasteiger partial charge in [0.15, 0.2) is 5.78 Å². The topological polar surface area (TPSA) is 126 Å². The molecule has 7 nitrogen and oxygen atoms in total. The van der Waals surface area contributed by atoms with Crippen molar-refractivity contribution < 1.29 is 39.5 Å². The molecule has 24 heavy (non-hydrogen) atoms. The molecule has 0 saturated carbocycles. The summed E-state index contributed by atoms with van der Waals surface area (Å²) in [5.41, 5.74) is -1.45. The van der Waals surface area contributed by atoms with Crippen molar-refractivity contribution in [1.29, 1.82) is 0 Å². The summed E-state index contributed by atoms with van der Waals surface area (Å²) in [4.78, 5) is 10.2. The van der Waals surface area contributed by atoms with Gasteiger partial charge in [-0.05, 0) is 30.3 Å². The Labute approximate surface area is 135 Å². The molecular weight excluding hydrogens is 370 g/mol. The van der Waals surface area contributed by atoms with E-state index in [9.17, 15) is 30.4 Å². The quantitative estimate of drug-likeness (QED) is 0.612. The third-order valence-corrected chi connectivity index (χ3v) is 4.69. The Morgan fingerprint density at radius 3 is 1.92 bits per heavy atom. The first-order valence-corrected chi connectivity index (χ1v) is 8.88. The van der Waals surface area contributed by atoms with Crippen molar-refractivity contribution in [3.05, 3.63) is 59.2 Å². The second-order valence-corrected chi connectivity index (χ2v) is 7.37. The van der Waals surface area contributed by atoms with Crippen LogP contribution in [0.5, 0.6) is 0 Å². The number of rotatable bonds is 4. The van der Waals surface area contributed by atoms with Crippen LogP contribution in [0.3, 0.4) is 0 Å². The van der Waals surface area contributed by atoms with E-state index in [0.717, 1.165) is 12.1 Å². The first-order valence-electron chi connectivity index (χ1n) is 6.00. The van der Waals surface area contributed by atoms with Crippen LogP contribution in [0, 0.1) is 11.6 Å². The molecule has 0 amide bonds. The third-order valence-electron chi connectivity index (χ3n) is 2.95. The van der Waals surface area contributed by atoms with E-state index in [-0.39, 0.29) is 0 Å². The van der Waals surface area contributed by atoms with Crippen molar-refractivity contribution >= 4 is 26.0 Å². The first kappa shape index (κ1) is 18.1. The van der Waals surface area contributed by atoms with Crippen LogP contribution in [0.4, 0.5) is 8.78 Å². The van der Waals surface area contributed by atoms with Gasteiger partial charge in [0.05, 0.1) is 10.5 Å². The zero-order chi connectivity index (χ0) is 18.3. The van der Waals surface area contributed by atoms with Gasteiger partial charge in [0, 0.05) is 11.6 Å². The van der Waals surface area contributed by atoms with Crippen LogP contribution in [0.1, 0.15) is 15.9 Å². The van der Waals surface area contributed by atoms with Crippen LogP contribution in [-0.4, -0.2) is 31.7 Å². The summed E-state index contributed by atoms with van der Waals surface area (Å²) in [5, 5.41) is 0. The molecule has 2 aromatic carbocycles. The monoisotopic (exact) mass is 378 g/mol. The second-order valence-electron chi connectivity index (χ2n) is 4.56. The highest BCUT2D eigenvalue weighted by Crippen LogP contribution is 2.24.